The van der Waals surface area contributed by atoms with Crippen molar-refractivity contribution in [3.8, 4) is 0 Å². The third-order valence-corrected chi connectivity index (χ3v) is 5.42. The summed E-state index contributed by atoms with van der Waals surface area (Å²) in [6.45, 7) is 0.252. The molecule has 3 aromatic rings. The Morgan fingerprint density at radius 2 is 1.82 bits per heavy atom. The summed E-state index contributed by atoms with van der Waals surface area (Å²) in [7, 11) is -4.10. The molecular formula is C18H15ClN4O4S. The average Bonchev–Trinajstić information content (AvgIpc) is 2.68. The number of rotatable bonds is 7. The summed E-state index contributed by atoms with van der Waals surface area (Å²) >= 11 is 5.81. The molecule has 0 aliphatic carbocycles. The van der Waals surface area contributed by atoms with Crippen molar-refractivity contribution in [1.82, 2.24) is 4.98 Å². The van der Waals surface area contributed by atoms with Gasteiger partial charge in [-0.1, -0.05) is 17.7 Å². The highest BCUT2D eigenvalue weighted by molar-refractivity contribution is 7.92. The van der Waals surface area contributed by atoms with E-state index in [9.17, 15) is 18.5 Å². The van der Waals surface area contributed by atoms with Crippen LogP contribution in [-0.4, -0.2) is 18.3 Å². The monoisotopic (exact) mass is 418 g/mol. The van der Waals surface area contributed by atoms with Gasteiger partial charge in [-0.05, 0) is 42.5 Å². The van der Waals surface area contributed by atoms with Crippen LogP contribution in [0.5, 0.6) is 0 Å². The van der Waals surface area contributed by atoms with Crippen molar-refractivity contribution in [2.75, 3.05) is 10.0 Å². The molecule has 0 saturated carbocycles. The highest BCUT2D eigenvalue weighted by atomic mass is 35.5. The number of anilines is 2. The van der Waals surface area contributed by atoms with E-state index in [4.69, 9.17) is 11.6 Å². The van der Waals surface area contributed by atoms with Gasteiger partial charge in [0.25, 0.3) is 15.7 Å². The van der Waals surface area contributed by atoms with Gasteiger partial charge in [-0.25, -0.2) is 8.42 Å². The van der Waals surface area contributed by atoms with E-state index < -0.39 is 14.9 Å². The van der Waals surface area contributed by atoms with Crippen molar-refractivity contribution in [2.45, 2.75) is 11.4 Å². The van der Waals surface area contributed by atoms with Crippen molar-refractivity contribution in [3.63, 3.8) is 0 Å². The minimum Gasteiger partial charge on any atom is -0.378 e. The van der Waals surface area contributed by atoms with E-state index in [0.717, 1.165) is 6.07 Å². The minimum atomic E-state index is -4.10. The summed E-state index contributed by atoms with van der Waals surface area (Å²) < 4.78 is 28.1. The molecule has 10 heteroatoms. The van der Waals surface area contributed by atoms with Crippen molar-refractivity contribution in [2.24, 2.45) is 0 Å². The predicted octanol–water partition coefficient (Wildman–Crippen LogP) is 4.06. The Morgan fingerprint density at radius 3 is 2.46 bits per heavy atom. The Balaban J connectivity index is 1.94. The van der Waals surface area contributed by atoms with Gasteiger partial charge in [0, 0.05) is 29.0 Å². The second-order valence-electron chi connectivity index (χ2n) is 5.72. The fourth-order valence-corrected chi connectivity index (χ4v) is 3.80. The summed E-state index contributed by atoms with van der Waals surface area (Å²) in [6, 6.07) is 15.0. The molecule has 2 aromatic carbocycles. The molecule has 3 rings (SSSR count). The van der Waals surface area contributed by atoms with Crippen LogP contribution >= 0.6 is 11.6 Å². The van der Waals surface area contributed by atoms with Crippen LogP contribution < -0.4 is 10.0 Å². The normalized spacial score (nSPS) is 11.0. The Labute approximate surface area is 166 Å². The number of hydrogen-bond donors (Lipinski definition) is 2. The quantitative estimate of drug-likeness (QED) is 0.441. The molecule has 0 aliphatic heterocycles. The van der Waals surface area contributed by atoms with Crippen LogP contribution in [0.25, 0.3) is 0 Å². The fourth-order valence-electron chi connectivity index (χ4n) is 2.41. The molecule has 1 heterocycles. The summed E-state index contributed by atoms with van der Waals surface area (Å²) in [5.74, 6) is 0. The molecule has 0 unspecified atom stereocenters. The number of hydrogen-bond acceptors (Lipinski definition) is 6. The van der Waals surface area contributed by atoms with E-state index >= 15 is 0 Å². The Hall–Kier alpha value is -3.17. The lowest BCUT2D eigenvalue weighted by Crippen LogP contribution is -2.16. The van der Waals surface area contributed by atoms with Crippen molar-refractivity contribution in [1.29, 1.82) is 0 Å². The molecule has 2 N–H and O–H groups in total. The van der Waals surface area contributed by atoms with Crippen LogP contribution in [0.2, 0.25) is 5.02 Å². The number of aromatic nitrogens is 1. The van der Waals surface area contributed by atoms with Crippen molar-refractivity contribution < 1.29 is 13.3 Å². The van der Waals surface area contributed by atoms with Gasteiger partial charge in [0.1, 0.15) is 4.90 Å². The Bertz CT molecular complexity index is 1090. The third kappa shape index (κ3) is 4.76. The Morgan fingerprint density at radius 1 is 1.07 bits per heavy atom. The maximum absolute atomic E-state index is 12.9. The first-order chi connectivity index (χ1) is 13.3. The lowest BCUT2D eigenvalue weighted by molar-refractivity contribution is -0.385. The van der Waals surface area contributed by atoms with Crippen LogP contribution in [0.3, 0.4) is 0 Å². The molecular weight excluding hydrogens is 404 g/mol. The van der Waals surface area contributed by atoms with E-state index in [1.807, 2.05) is 0 Å². The lowest BCUT2D eigenvalue weighted by Gasteiger charge is -2.14. The fraction of sp³-hybridized carbons (Fsp3) is 0.0556. The van der Waals surface area contributed by atoms with E-state index in [2.05, 4.69) is 15.0 Å². The van der Waals surface area contributed by atoms with E-state index in [1.54, 1.807) is 24.4 Å². The van der Waals surface area contributed by atoms with Crippen LogP contribution in [0, 0.1) is 10.1 Å². The summed E-state index contributed by atoms with van der Waals surface area (Å²) in [5.41, 5.74) is 0.860. The first-order valence-corrected chi connectivity index (χ1v) is 9.92. The maximum Gasteiger partial charge on any atom is 0.270 e. The van der Waals surface area contributed by atoms with E-state index in [-0.39, 0.29) is 28.5 Å². The van der Waals surface area contributed by atoms with E-state index in [1.165, 1.54) is 36.4 Å². The molecule has 0 aliphatic rings. The first kappa shape index (κ1) is 19.6. The van der Waals surface area contributed by atoms with Crippen LogP contribution in [-0.2, 0) is 16.6 Å². The van der Waals surface area contributed by atoms with Gasteiger partial charge in [0.15, 0.2) is 0 Å². The second kappa shape index (κ2) is 8.24. The third-order valence-electron chi connectivity index (χ3n) is 3.75. The zero-order chi connectivity index (χ0) is 20.1. The van der Waals surface area contributed by atoms with Crippen molar-refractivity contribution in [3.05, 3.63) is 87.7 Å². The molecule has 144 valence electrons. The second-order valence-corrected chi connectivity index (χ2v) is 7.81. The highest BCUT2D eigenvalue weighted by Gasteiger charge is 2.22. The smallest absolute Gasteiger partial charge is 0.270 e. The number of nitro groups is 1. The lowest BCUT2D eigenvalue weighted by atomic mass is 10.2. The first-order valence-electron chi connectivity index (χ1n) is 8.06. The average molecular weight is 419 g/mol. The predicted molar refractivity (Wildman–Crippen MR) is 107 cm³/mol. The molecule has 28 heavy (non-hydrogen) atoms. The minimum absolute atomic E-state index is 0.220. The van der Waals surface area contributed by atoms with Gasteiger partial charge in [-0.2, -0.15) is 0 Å². The number of halogens is 1. The summed E-state index contributed by atoms with van der Waals surface area (Å²) in [4.78, 5) is 14.4. The van der Waals surface area contributed by atoms with Crippen LogP contribution in [0.15, 0.2) is 71.8 Å². The summed E-state index contributed by atoms with van der Waals surface area (Å²) in [5, 5.41) is 14.5. The number of benzene rings is 2. The molecule has 0 atom stereocenters. The molecule has 0 spiro atoms. The number of nitrogens with one attached hydrogen (secondary N) is 2. The SMILES string of the molecule is O=[N+]([O-])c1ccc(NCc2ccccn2)c(S(=O)(=O)Nc2ccc(Cl)cc2)c1. The number of nitro benzene ring substituents is 1. The van der Waals surface area contributed by atoms with Crippen molar-refractivity contribution >= 4 is 38.7 Å². The number of pyridine rings is 1. The standard InChI is InChI=1S/C18H15ClN4O4S/c19-13-4-6-14(7-5-13)22-28(26,27)18-11-16(23(24)25)8-9-17(18)21-12-15-3-1-2-10-20-15/h1-11,21-22H,12H2. The summed E-state index contributed by atoms with van der Waals surface area (Å²) in [6.07, 6.45) is 1.62. The Kier molecular flexibility index (Phi) is 5.76. The van der Waals surface area contributed by atoms with E-state index in [0.29, 0.717) is 10.7 Å². The van der Waals surface area contributed by atoms with Gasteiger partial charge in [0.2, 0.25) is 0 Å². The zero-order valence-corrected chi connectivity index (χ0v) is 15.9. The molecule has 0 saturated heterocycles. The molecule has 0 bridgehead atoms. The van der Waals surface area contributed by atoms with Gasteiger partial charge in [-0.3, -0.25) is 19.8 Å². The number of nitrogens with zero attached hydrogens (tertiary/aromatic N) is 2. The van der Waals surface area contributed by atoms with Crippen LogP contribution in [0.4, 0.5) is 17.1 Å². The molecule has 0 radical (unpaired) electrons. The highest BCUT2D eigenvalue weighted by Crippen LogP contribution is 2.29. The maximum atomic E-state index is 12.9. The molecule has 8 nitrogen and oxygen atoms in total. The molecule has 0 amide bonds. The largest absolute Gasteiger partial charge is 0.378 e. The molecule has 1 aromatic heterocycles. The van der Waals surface area contributed by atoms with Gasteiger partial charge in [-0.15, -0.1) is 0 Å². The van der Waals surface area contributed by atoms with Gasteiger partial charge in [0.05, 0.1) is 22.8 Å². The van der Waals surface area contributed by atoms with Gasteiger partial charge < -0.3 is 5.32 Å². The topological polar surface area (TPSA) is 114 Å². The number of non-ortho nitro benzene ring substituents is 1. The number of sulfonamides is 1. The zero-order valence-electron chi connectivity index (χ0n) is 14.4. The van der Waals surface area contributed by atoms with Crippen LogP contribution in [0.1, 0.15) is 5.69 Å². The molecule has 0 fully saturated rings. The van der Waals surface area contributed by atoms with Gasteiger partial charge >= 0.3 is 0 Å².